The van der Waals surface area contributed by atoms with Gasteiger partial charge in [0.2, 0.25) is 0 Å². The first-order chi connectivity index (χ1) is 8.58. The lowest BCUT2D eigenvalue weighted by Gasteiger charge is -2.09. The summed E-state index contributed by atoms with van der Waals surface area (Å²) in [6, 6.07) is 14.7. The Labute approximate surface area is 126 Å². The van der Waals surface area contributed by atoms with Crippen LogP contribution in [-0.2, 0) is 0 Å². The smallest absolute Gasteiger partial charge is 0.0843 e. The van der Waals surface area contributed by atoms with E-state index >= 15 is 0 Å². The molecule has 2 aromatic rings. The molecule has 18 heavy (non-hydrogen) atoms. The van der Waals surface area contributed by atoms with E-state index in [2.05, 4.69) is 0 Å². The second kappa shape index (κ2) is 5.99. The summed E-state index contributed by atoms with van der Waals surface area (Å²) in [7, 11) is 0. The molecule has 0 spiro atoms. The van der Waals surface area contributed by atoms with Crippen molar-refractivity contribution in [3.05, 3.63) is 74.2 Å². The van der Waals surface area contributed by atoms with Crippen LogP contribution in [0.15, 0.2) is 53.0 Å². The van der Waals surface area contributed by atoms with Gasteiger partial charge in [-0.15, -0.1) is 0 Å². The SMILES string of the molecule is ClC(Cl)=C([13c]1[13cH][13cH][13c](Cl)[13cH][13cH]1)[13c]1[13cH][13cH][13c](Cl)[13cH][13cH]1. The van der Waals surface area contributed by atoms with Gasteiger partial charge in [0.1, 0.15) is 4.49 Å². The Balaban J connectivity index is 2.51. The monoisotopic (exact) mass is 328 g/mol. The van der Waals surface area contributed by atoms with Crippen LogP contribution in [0.2, 0.25) is 10.0 Å². The number of hydrogen-bond donors (Lipinski definition) is 0. The topological polar surface area (TPSA) is 0 Å². The highest BCUT2D eigenvalue weighted by molar-refractivity contribution is 6.59. The average molecular weight is 330 g/mol. The van der Waals surface area contributed by atoms with Gasteiger partial charge in [-0.2, -0.15) is 0 Å². The molecule has 0 aliphatic heterocycles. The zero-order chi connectivity index (χ0) is 13.1. The number of halogens is 4. The zero-order valence-electron chi connectivity index (χ0n) is 9.13. The molecule has 0 aromatic heterocycles. The van der Waals surface area contributed by atoms with E-state index in [1.165, 1.54) is 0 Å². The van der Waals surface area contributed by atoms with Gasteiger partial charge in [0.15, 0.2) is 0 Å². The Bertz CT molecular complexity index is 516. The Morgan fingerprint density at radius 3 is 1.22 bits per heavy atom. The highest BCUT2D eigenvalue weighted by Crippen LogP contribution is 2.32. The molecule has 2 rings (SSSR count). The predicted octanol–water partition coefficient (Wildman–Crippen LogP) is 6.19. The summed E-state index contributed by atoms with van der Waals surface area (Å²) in [6.07, 6.45) is 0. The molecule has 0 aliphatic rings. The first kappa shape index (κ1) is 13.8. The Kier molecular flexibility index (Phi) is 4.58. The molecule has 0 aliphatic carbocycles. The summed E-state index contributed by atoms with van der Waals surface area (Å²) in [4.78, 5) is 0. The molecule has 0 fully saturated rings. The first-order valence-electron chi connectivity index (χ1n) is 5.15. The molecule has 0 amide bonds. The van der Waals surface area contributed by atoms with Gasteiger partial charge in [-0.1, -0.05) is 70.7 Å². The summed E-state index contributed by atoms with van der Waals surface area (Å²) >= 11 is 23.7. The normalized spacial score (nSPS) is 10.2. The number of benzene rings is 2. The third-order valence-electron chi connectivity index (χ3n) is 2.45. The van der Waals surface area contributed by atoms with Crippen molar-refractivity contribution in [2.75, 3.05) is 0 Å². The third kappa shape index (κ3) is 3.21. The van der Waals surface area contributed by atoms with Crippen molar-refractivity contribution in [1.82, 2.24) is 0 Å². The first-order valence-corrected chi connectivity index (χ1v) is 6.66. The quantitative estimate of drug-likeness (QED) is 0.616. The third-order valence-corrected chi connectivity index (χ3v) is 3.34. The van der Waals surface area contributed by atoms with Crippen molar-refractivity contribution in [3.63, 3.8) is 0 Å². The highest BCUT2D eigenvalue weighted by Gasteiger charge is 2.09. The van der Waals surface area contributed by atoms with Crippen LogP contribution in [0.3, 0.4) is 0 Å². The van der Waals surface area contributed by atoms with Crippen molar-refractivity contribution in [2.45, 2.75) is 0 Å². The minimum absolute atomic E-state index is 0.208. The van der Waals surface area contributed by atoms with E-state index < -0.39 is 0 Å². The largest absolute Gasteiger partial charge is 0.115 e. The van der Waals surface area contributed by atoms with E-state index in [1.54, 1.807) is 24.3 Å². The lowest BCUT2D eigenvalue weighted by atomic mass is 10.6. The van der Waals surface area contributed by atoms with Crippen molar-refractivity contribution in [1.29, 1.82) is 0 Å². The van der Waals surface area contributed by atoms with Gasteiger partial charge in [-0.05, 0) is 35.4 Å². The molecular formula is C14H8Cl4. The standard InChI is InChI=1S/C14H8Cl4/c15-11-5-1-9(2-6-11)13(14(17)18)10-3-7-12(16)8-4-10/h1-8H/i1+1,2+1,3+1,4+1,5+1,6+1,7+1,8+1,9+1,10+1,11+1,12+1. The Hall–Kier alpha value is -0.660. The zero-order valence-corrected chi connectivity index (χ0v) is 12.2. The molecule has 0 atom stereocenters. The van der Waals surface area contributed by atoms with Crippen LogP contribution in [0, 0.1) is 0 Å². The van der Waals surface area contributed by atoms with E-state index in [0.29, 0.717) is 10.0 Å². The molecular weight excluding hydrogens is 322 g/mol. The minimum Gasteiger partial charge on any atom is -0.0843 e. The lowest BCUT2D eigenvalue weighted by molar-refractivity contribution is 1.55. The fourth-order valence-electron chi connectivity index (χ4n) is 1.62. The molecule has 0 saturated heterocycles. The Morgan fingerprint density at radius 2 is 0.944 bits per heavy atom. The molecule has 0 heterocycles. The van der Waals surface area contributed by atoms with E-state index in [0.717, 1.165) is 16.7 Å². The van der Waals surface area contributed by atoms with E-state index in [-0.39, 0.29) is 4.49 Å². The van der Waals surface area contributed by atoms with Gasteiger partial charge in [0.05, 0.1) is 0 Å². The van der Waals surface area contributed by atoms with Crippen LogP contribution >= 0.6 is 46.4 Å². The van der Waals surface area contributed by atoms with Gasteiger partial charge in [0.25, 0.3) is 0 Å². The van der Waals surface area contributed by atoms with Crippen LogP contribution in [0.4, 0.5) is 0 Å². The fraction of sp³-hybridized carbons (Fsp3) is 0. The highest BCUT2D eigenvalue weighted by atomic mass is 35.5. The van der Waals surface area contributed by atoms with Crippen LogP contribution in [0.1, 0.15) is 11.1 Å². The fourth-order valence-corrected chi connectivity index (χ4v) is 2.31. The van der Waals surface area contributed by atoms with Crippen molar-refractivity contribution >= 4 is 52.0 Å². The average Bonchev–Trinajstić information content (AvgIpc) is 2.34. The van der Waals surface area contributed by atoms with Gasteiger partial charge < -0.3 is 0 Å². The number of rotatable bonds is 2. The van der Waals surface area contributed by atoms with Crippen LogP contribution < -0.4 is 0 Å². The molecule has 0 radical (unpaired) electrons. The summed E-state index contributed by atoms with van der Waals surface area (Å²) in [5.74, 6) is 0. The van der Waals surface area contributed by atoms with E-state index in [9.17, 15) is 0 Å². The molecule has 0 N–H and O–H groups in total. The molecule has 4 heteroatoms. The van der Waals surface area contributed by atoms with Gasteiger partial charge in [-0.25, -0.2) is 0 Å². The summed E-state index contributed by atoms with van der Waals surface area (Å²) in [5, 5.41) is 1.33. The maximum Gasteiger partial charge on any atom is 0.115 e. The van der Waals surface area contributed by atoms with Gasteiger partial charge in [0, 0.05) is 15.6 Å². The molecule has 0 nitrogen and oxygen atoms in total. The van der Waals surface area contributed by atoms with Crippen molar-refractivity contribution in [3.8, 4) is 0 Å². The van der Waals surface area contributed by atoms with Crippen LogP contribution in [0.5, 0.6) is 0 Å². The van der Waals surface area contributed by atoms with Gasteiger partial charge >= 0.3 is 0 Å². The summed E-state index contributed by atoms with van der Waals surface area (Å²) < 4.78 is 0.208. The molecule has 2 aromatic carbocycles. The maximum absolute atomic E-state index is 5.97. The number of hydrogen-bond acceptors (Lipinski definition) is 0. The van der Waals surface area contributed by atoms with Crippen LogP contribution in [-0.4, -0.2) is 0 Å². The molecule has 0 bridgehead atoms. The second-order valence-electron chi connectivity index (χ2n) is 3.65. The summed E-state index contributed by atoms with van der Waals surface area (Å²) in [6.45, 7) is 0. The van der Waals surface area contributed by atoms with Crippen LogP contribution in [0.25, 0.3) is 5.57 Å². The van der Waals surface area contributed by atoms with E-state index in [4.69, 9.17) is 46.4 Å². The second-order valence-corrected chi connectivity index (χ2v) is 5.47. The molecule has 0 unspecified atom stereocenters. The predicted molar refractivity (Wildman–Crippen MR) is 80.6 cm³/mol. The molecule has 92 valence electrons. The van der Waals surface area contributed by atoms with Gasteiger partial charge in [-0.3, -0.25) is 0 Å². The maximum atomic E-state index is 5.97. The Morgan fingerprint density at radius 1 is 0.611 bits per heavy atom. The summed E-state index contributed by atoms with van der Waals surface area (Å²) in [5.41, 5.74) is 2.56. The molecule has 0 saturated carbocycles. The lowest BCUT2D eigenvalue weighted by Crippen LogP contribution is -1.88. The minimum atomic E-state index is 0.208. The van der Waals surface area contributed by atoms with E-state index in [1.807, 2.05) is 24.3 Å². The van der Waals surface area contributed by atoms with Crippen molar-refractivity contribution < 1.29 is 0 Å². The van der Waals surface area contributed by atoms with Crippen molar-refractivity contribution in [2.24, 2.45) is 0 Å².